The largest absolute Gasteiger partial charge is 0.491 e. The number of Topliss-reactive ketones (excluding diaryl/α,β-unsaturated/α-hetero) is 1. The summed E-state index contributed by atoms with van der Waals surface area (Å²) in [6.45, 7) is 7.40. The number of esters is 5. The minimum atomic E-state index is -5.09. The van der Waals surface area contributed by atoms with Gasteiger partial charge >= 0.3 is 36.0 Å². The van der Waals surface area contributed by atoms with Crippen LogP contribution in [-0.4, -0.2) is 118 Å². The van der Waals surface area contributed by atoms with E-state index in [2.05, 4.69) is 79.2 Å². The van der Waals surface area contributed by atoms with Gasteiger partial charge in [0.1, 0.15) is 47.5 Å². The summed E-state index contributed by atoms with van der Waals surface area (Å²) in [5, 5.41) is 50.0. The van der Waals surface area contributed by atoms with Gasteiger partial charge in [0, 0.05) is 82.1 Å². The van der Waals surface area contributed by atoms with Crippen LogP contribution in [0.4, 0.5) is 26.3 Å². The predicted molar refractivity (Wildman–Crippen MR) is 340 cm³/mol. The van der Waals surface area contributed by atoms with Crippen LogP contribution in [0.2, 0.25) is 0 Å². The van der Waals surface area contributed by atoms with Crippen molar-refractivity contribution in [3.8, 4) is 29.3 Å². The standard InChI is InChI=1S/C31H24F3N5O2.C12H13N3O2.C10H12N2O2.C8H7N3.C4H7BrO2.C4H3F3O3/c32-20-7-16(8-21(33)13-20)6-19(9-22(40)15-39-28-12-18-11-24(18)29(28)27(14-35)38-39)30-23(2-1-5-37-30)17-3-4-26(34)25(10-17)31(36)41;1-2-17-11(16)6-15-10-4-7-3-8(7)12(10)9(5-13)14-15;1-2-14-10(13)9-8-6-3-5(6)4-7(8)11-12-9;9-3-7-8-5-1-4(5)2-6(8)10-11-7;1-2-7-4(6)3-5;1-2(8)10-3(9)4(5,6)7/h1-5,7-8,10,13,18-19,24H,6,9,11-12,15H2,(H2,36,41);7-8H,2-4,6H2,1H3;5-6H,2-4H2,1H3,(H,11,12);4-5H,1-2H2,(H,10,11);2-3H2,1H3;1H3/t18?,19-,24?;;;;;/m1...../s1. The second-order valence-electron chi connectivity index (χ2n) is 25.0. The molecule has 522 valence electrons. The van der Waals surface area contributed by atoms with Gasteiger partial charge in [-0.05, 0) is 167 Å². The molecule has 100 heavy (non-hydrogen) atoms. The van der Waals surface area contributed by atoms with E-state index in [4.69, 9.17) is 25.7 Å². The molecule has 0 spiro atoms. The summed E-state index contributed by atoms with van der Waals surface area (Å²) in [6, 6.07) is 16.9. The van der Waals surface area contributed by atoms with Gasteiger partial charge in [-0.3, -0.25) is 48.5 Å². The van der Waals surface area contributed by atoms with Crippen LogP contribution >= 0.6 is 15.9 Å². The number of H-pyrrole nitrogens is 2. The molecule has 8 unspecified atom stereocenters. The average molecular weight is 1450 g/mol. The highest BCUT2D eigenvalue weighted by molar-refractivity contribution is 9.09. The monoisotopic (exact) mass is 1450 g/mol. The molecular weight excluding hydrogens is 1380 g/mol. The Kier molecular flexibility index (Phi) is 22.3. The van der Waals surface area contributed by atoms with Crippen molar-refractivity contribution in [1.29, 1.82) is 15.8 Å². The molecule has 0 saturated heterocycles. The molecule has 2 aromatic carbocycles. The van der Waals surface area contributed by atoms with Crippen molar-refractivity contribution in [2.75, 3.05) is 25.2 Å². The lowest BCUT2D eigenvalue weighted by atomic mass is 9.86. The van der Waals surface area contributed by atoms with E-state index in [-0.39, 0.29) is 55.2 Å². The molecule has 8 aliphatic carbocycles. The quantitative estimate of drug-likeness (QED) is 0.0266. The average Bonchev–Trinajstić information content (AvgIpc) is 1.59. The van der Waals surface area contributed by atoms with Crippen LogP contribution in [0.25, 0.3) is 11.1 Å². The molecule has 0 aliphatic heterocycles. The molecule has 5 heterocycles. The van der Waals surface area contributed by atoms with E-state index in [0.29, 0.717) is 113 Å². The highest BCUT2D eigenvalue weighted by Crippen LogP contribution is 2.59. The van der Waals surface area contributed by atoms with Gasteiger partial charge in [0.05, 0.1) is 37.6 Å². The first-order valence-electron chi connectivity index (χ1n) is 32.2. The highest BCUT2D eigenvalue weighted by atomic mass is 79.9. The maximum atomic E-state index is 14.2. The number of carbonyl (C=O) groups excluding carboxylic acids is 7. The van der Waals surface area contributed by atoms with Crippen LogP contribution in [0.15, 0.2) is 54.7 Å². The van der Waals surface area contributed by atoms with Crippen LogP contribution in [0.1, 0.15) is 184 Å². The molecule has 4 N–H and O–H groups in total. The van der Waals surface area contributed by atoms with Crippen LogP contribution in [-0.2, 0) is 88.1 Å². The number of pyridine rings is 1. The molecular formula is C69H66BrF6N13O11. The van der Waals surface area contributed by atoms with E-state index in [1.807, 2.05) is 6.92 Å². The number of hydrogen-bond donors (Lipinski definition) is 3. The molecule has 0 radical (unpaired) electrons. The van der Waals surface area contributed by atoms with Crippen molar-refractivity contribution in [3.05, 3.63) is 157 Å². The Morgan fingerprint density at radius 3 is 1.73 bits per heavy atom. The molecule has 8 aliphatic rings. The maximum Gasteiger partial charge on any atom is 0.491 e. The number of aromatic nitrogens is 9. The van der Waals surface area contributed by atoms with Gasteiger partial charge in [0.25, 0.3) is 5.91 Å². The van der Waals surface area contributed by atoms with Gasteiger partial charge in [-0.15, -0.1) is 0 Å². The van der Waals surface area contributed by atoms with E-state index in [0.717, 1.165) is 89.8 Å². The second-order valence-corrected chi connectivity index (χ2v) is 25.5. The zero-order valence-corrected chi connectivity index (χ0v) is 56.0. The summed E-state index contributed by atoms with van der Waals surface area (Å²) in [6.07, 6.45) is 5.11. The normalized spacial score (nSPS) is 20.0. The number of primary amides is 1. The van der Waals surface area contributed by atoms with Crippen molar-refractivity contribution < 1.29 is 78.9 Å². The minimum absolute atomic E-state index is 0.0462. The number of ketones is 1. The fourth-order valence-corrected chi connectivity index (χ4v) is 13.8. The van der Waals surface area contributed by atoms with E-state index < -0.39 is 47.4 Å². The number of rotatable bonds is 16. The molecule has 7 aromatic rings. The number of nitrogens with two attached hydrogens (primary N) is 1. The lowest BCUT2D eigenvalue weighted by molar-refractivity contribution is -0.201. The summed E-state index contributed by atoms with van der Waals surface area (Å²) in [4.78, 5) is 82.4. The van der Waals surface area contributed by atoms with Crippen LogP contribution in [0, 0.1) is 75.1 Å². The van der Waals surface area contributed by atoms with Gasteiger partial charge in [0.15, 0.2) is 28.6 Å². The summed E-state index contributed by atoms with van der Waals surface area (Å²) in [7, 11) is 0. The van der Waals surface area contributed by atoms with E-state index in [1.165, 1.54) is 61.0 Å². The van der Waals surface area contributed by atoms with Gasteiger partial charge in [-0.2, -0.15) is 49.4 Å². The summed E-state index contributed by atoms with van der Waals surface area (Å²) in [5.74, 6) is -3.63. The minimum Gasteiger partial charge on any atom is -0.465 e. The predicted octanol–water partition coefficient (Wildman–Crippen LogP) is 9.73. The fourth-order valence-electron chi connectivity index (χ4n) is 13.7. The molecule has 31 heteroatoms. The zero-order chi connectivity index (χ0) is 72.0. The molecule has 4 fully saturated rings. The van der Waals surface area contributed by atoms with Crippen molar-refractivity contribution in [2.24, 2.45) is 29.4 Å². The lowest BCUT2D eigenvalue weighted by Gasteiger charge is -2.20. The number of hydrogen-bond acceptors (Lipinski definition) is 19. The lowest BCUT2D eigenvalue weighted by Crippen LogP contribution is -2.26. The van der Waals surface area contributed by atoms with Crippen molar-refractivity contribution >= 4 is 57.5 Å². The maximum absolute atomic E-state index is 14.2. The number of nitrogens with zero attached hydrogens (tertiary/aromatic N) is 10. The van der Waals surface area contributed by atoms with Crippen molar-refractivity contribution in [3.63, 3.8) is 0 Å². The molecule has 9 atom stereocenters. The Labute approximate surface area is 576 Å². The zero-order valence-electron chi connectivity index (χ0n) is 54.4. The third kappa shape index (κ3) is 16.7. The van der Waals surface area contributed by atoms with E-state index >= 15 is 0 Å². The number of fused-ring (bicyclic) bond motifs is 12. The molecule has 5 aromatic heterocycles. The number of alkyl halides is 4. The molecule has 15 rings (SSSR count). The number of benzene rings is 2. The summed E-state index contributed by atoms with van der Waals surface area (Å²) < 4.78 is 96.8. The molecule has 0 bridgehead atoms. The Balaban J connectivity index is 0.000000149. The number of halogens is 7. The Hall–Kier alpha value is -10.4. The smallest absolute Gasteiger partial charge is 0.465 e. The van der Waals surface area contributed by atoms with Gasteiger partial charge in [-0.25, -0.2) is 22.8 Å². The molecule has 24 nitrogen and oxygen atoms in total. The summed E-state index contributed by atoms with van der Waals surface area (Å²) in [5.41, 5.74) is 17.5. The number of amides is 1. The van der Waals surface area contributed by atoms with Crippen molar-refractivity contribution in [1.82, 2.24) is 44.9 Å². The topological polar surface area (TPSA) is 360 Å². The summed E-state index contributed by atoms with van der Waals surface area (Å²) >= 11 is 2.94. The van der Waals surface area contributed by atoms with Gasteiger partial charge in [0.2, 0.25) is 0 Å². The van der Waals surface area contributed by atoms with E-state index in [9.17, 15) is 65.2 Å². The van der Waals surface area contributed by atoms with Crippen LogP contribution in [0.5, 0.6) is 0 Å². The van der Waals surface area contributed by atoms with E-state index in [1.54, 1.807) is 35.3 Å². The van der Waals surface area contributed by atoms with Gasteiger partial charge < -0.3 is 24.7 Å². The SMILES string of the molecule is CC(=O)OC(=O)C(F)(F)F.CCOC(=O)CBr.CCOC(=O)Cn1nc(C#N)c2c1CC1CC21.CCOC(=O)c1n[nH]c2c1C1CC1C2.N#Cc1n[nH]c2c1C1CC1C2.N#Cc1nn(CC(=O)C[C@@H](Cc2cc(F)cc(F)c2)c2ncccc2-c2ccc(F)c(C(N)=O)c2)c2c1C1CC1C2. The van der Waals surface area contributed by atoms with Crippen LogP contribution in [0.3, 0.4) is 0 Å². The number of aromatic amines is 2. The second kappa shape index (κ2) is 30.8. The Bertz CT molecular complexity index is 4460. The number of nitriles is 3. The Morgan fingerprint density at radius 2 is 1.21 bits per heavy atom. The third-order valence-corrected chi connectivity index (χ3v) is 18.7. The first-order valence-corrected chi connectivity index (χ1v) is 33.3. The number of carbonyl (C=O) groups is 7. The molecule has 4 saturated carbocycles. The first kappa shape index (κ1) is 72.4. The van der Waals surface area contributed by atoms with Gasteiger partial charge in [-0.1, -0.05) is 28.1 Å². The van der Waals surface area contributed by atoms with Crippen molar-refractivity contribution in [2.45, 2.75) is 141 Å². The fraction of sp³-hybridized carbons (Fsp3) is 0.435. The number of ether oxygens (including phenoxy) is 4. The third-order valence-electron chi connectivity index (χ3n) is 18.2. The Morgan fingerprint density at radius 1 is 0.680 bits per heavy atom. The molecule has 1 amide bonds. The highest BCUT2D eigenvalue weighted by Gasteiger charge is 2.52. The van der Waals surface area contributed by atoms with Crippen LogP contribution < -0.4 is 5.73 Å². The number of nitrogens with one attached hydrogen (secondary N) is 2. The first-order chi connectivity index (χ1) is 47.8.